The highest BCUT2D eigenvalue weighted by Crippen LogP contribution is 2.37. The Labute approximate surface area is 130 Å². The van der Waals surface area contributed by atoms with E-state index < -0.39 is 0 Å². The second kappa shape index (κ2) is 6.40. The summed E-state index contributed by atoms with van der Waals surface area (Å²) in [5, 5.41) is 3.97. The van der Waals surface area contributed by atoms with Crippen LogP contribution in [0.1, 0.15) is 35.9 Å². The number of hydrogen-bond acceptors (Lipinski definition) is 5. The highest BCUT2D eigenvalue weighted by molar-refractivity contribution is 5.44. The Hall–Kier alpha value is -2.01. The van der Waals surface area contributed by atoms with Gasteiger partial charge in [-0.3, -0.25) is 4.90 Å². The van der Waals surface area contributed by atoms with E-state index in [-0.39, 0.29) is 0 Å². The lowest BCUT2D eigenvalue weighted by Crippen LogP contribution is -2.22. The third-order valence-corrected chi connectivity index (χ3v) is 4.19. The van der Waals surface area contributed by atoms with Crippen LogP contribution in [-0.4, -0.2) is 30.8 Å². The third kappa shape index (κ3) is 2.95. The summed E-state index contributed by atoms with van der Waals surface area (Å²) in [6.45, 7) is 3.81. The van der Waals surface area contributed by atoms with Crippen molar-refractivity contribution in [2.45, 2.75) is 32.4 Å². The number of hydrogen-bond donors (Lipinski definition) is 0. The van der Waals surface area contributed by atoms with E-state index in [0.717, 1.165) is 42.5 Å². The fourth-order valence-electron chi connectivity index (χ4n) is 3.14. The number of nitrogens with zero attached hydrogens (tertiary/aromatic N) is 2. The molecule has 2 aromatic rings. The van der Waals surface area contributed by atoms with Gasteiger partial charge in [0.15, 0.2) is 17.3 Å². The first kappa shape index (κ1) is 14.9. The number of benzene rings is 1. The van der Waals surface area contributed by atoms with Crippen LogP contribution in [0, 0.1) is 6.92 Å². The standard InChI is InChI=1S/C17H22N2O3/c1-12-9-14(22-18-12)11-19-8-4-5-15(19)13-6-7-16(20-2)17(10-13)21-3/h6-7,9-10,15H,4-5,8,11H2,1-3H3. The van der Waals surface area contributed by atoms with Crippen molar-refractivity contribution in [3.05, 3.63) is 41.3 Å². The molecule has 1 aliphatic rings. The van der Waals surface area contributed by atoms with Gasteiger partial charge in [-0.1, -0.05) is 11.2 Å². The van der Waals surface area contributed by atoms with Gasteiger partial charge in [-0.15, -0.1) is 0 Å². The summed E-state index contributed by atoms with van der Waals surface area (Å²) in [6.07, 6.45) is 2.33. The molecular weight excluding hydrogens is 280 g/mol. The molecule has 1 fully saturated rings. The number of likely N-dealkylation sites (tertiary alicyclic amines) is 1. The first-order valence-electron chi connectivity index (χ1n) is 7.59. The molecule has 0 radical (unpaired) electrons. The van der Waals surface area contributed by atoms with E-state index >= 15 is 0 Å². The fourth-order valence-corrected chi connectivity index (χ4v) is 3.14. The molecule has 0 aliphatic carbocycles. The van der Waals surface area contributed by atoms with Gasteiger partial charge in [0.1, 0.15) is 0 Å². The molecule has 22 heavy (non-hydrogen) atoms. The van der Waals surface area contributed by atoms with Crippen LogP contribution in [0.25, 0.3) is 0 Å². The largest absolute Gasteiger partial charge is 0.493 e. The van der Waals surface area contributed by atoms with Crippen LogP contribution < -0.4 is 9.47 Å². The Morgan fingerprint density at radius 2 is 2.05 bits per heavy atom. The van der Waals surface area contributed by atoms with Gasteiger partial charge < -0.3 is 14.0 Å². The van der Waals surface area contributed by atoms with Crippen molar-refractivity contribution >= 4 is 0 Å². The zero-order valence-electron chi connectivity index (χ0n) is 13.3. The molecule has 1 unspecified atom stereocenters. The van der Waals surface area contributed by atoms with Crippen molar-refractivity contribution in [2.24, 2.45) is 0 Å². The molecule has 3 rings (SSSR count). The van der Waals surface area contributed by atoms with Gasteiger partial charge in [0.05, 0.1) is 26.5 Å². The van der Waals surface area contributed by atoms with E-state index in [9.17, 15) is 0 Å². The molecule has 1 aliphatic heterocycles. The summed E-state index contributed by atoms with van der Waals surface area (Å²) in [5.41, 5.74) is 2.18. The Kier molecular flexibility index (Phi) is 4.34. The Balaban J connectivity index is 1.80. The Bertz CT molecular complexity index is 639. The molecule has 2 heterocycles. The SMILES string of the molecule is COc1ccc(C2CCCN2Cc2cc(C)no2)cc1OC. The van der Waals surface area contributed by atoms with Crippen LogP contribution in [0.5, 0.6) is 11.5 Å². The minimum Gasteiger partial charge on any atom is -0.493 e. The Morgan fingerprint density at radius 3 is 2.73 bits per heavy atom. The van der Waals surface area contributed by atoms with Gasteiger partial charge in [-0.05, 0) is 44.0 Å². The molecule has 0 spiro atoms. The van der Waals surface area contributed by atoms with Crippen molar-refractivity contribution in [3.8, 4) is 11.5 Å². The number of aryl methyl sites for hydroxylation is 1. The number of methoxy groups -OCH3 is 2. The minimum atomic E-state index is 0.380. The van der Waals surface area contributed by atoms with Crippen LogP contribution in [-0.2, 0) is 6.54 Å². The monoisotopic (exact) mass is 302 g/mol. The number of rotatable bonds is 5. The summed E-state index contributed by atoms with van der Waals surface area (Å²) in [6, 6.07) is 8.56. The van der Waals surface area contributed by atoms with E-state index in [1.165, 1.54) is 12.0 Å². The van der Waals surface area contributed by atoms with Crippen molar-refractivity contribution in [1.29, 1.82) is 0 Å². The molecular formula is C17H22N2O3. The van der Waals surface area contributed by atoms with Crippen molar-refractivity contribution in [2.75, 3.05) is 20.8 Å². The van der Waals surface area contributed by atoms with E-state index in [1.54, 1.807) is 14.2 Å². The van der Waals surface area contributed by atoms with Crippen LogP contribution in [0.3, 0.4) is 0 Å². The highest BCUT2D eigenvalue weighted by Gasteiger charge is 2.27. The topological polar surface area (TPSA) is 47.7 Å². The van der Waals surface area contributed by atoms with Crippen LogP contribution in [0.2, 0.25) is 0 Å². The molecule has 1 saturated heterocycles. The normalized spacial score (nSPS) is 18.6. The average Bonchev–Trinajstić information content (AvgIpc) is 3.16. The summed E-state index contributed by atoms with van der Waals surface area (Å²) in [7, 11) is 3.33. The lowest BCUT2D eigenvalue weighted by molar-refractivity contribution is 0.216. The maximum atomic E-state index is 5.42. The molecule has 1 aromatic heterocycles. The second-order valence-electron chi connectivity index (χ2n) is 5.68. The van der Waals surface area contributed by atoms with Gasteiger partial charge in [0.25, 0.3) is 0 Å². The fraction of sp³-hybridized carbons (Fsp3) is 0.471. The maximum absolute atomic E-state index is 5.42. The Morgan fingerprint density at radius 1 is 1.23 bits per heavy atom. The summed E-state index contributed by atoms with van der Waals surface area (Å²) < 4.78 is 16.1. The summed E-state index contributed by atoms with van der Waals surface area (Å²) in [5.74, 6) is 2.47. The van der Waals surface area contributed by atoms with Crippen LogP contribution in [0.4, 0.5) is 0 Å². The molecule has 1 aromatic carbocycles. The molecule has 0 saturated carbocycles. The van der Waals surface area contributed by atoms with Gasteiger partial charge in [0.2, 0.25) is 0 Å². The first-order chi connectivity index (χ1) is 10.7. The van der Waals surface area contributed by atoms with E-state index in [1.807, 2.05) is 19.1 Å². The van der Waals surface area contributed by atoms with E-state index in [2.05, 4.69) is 22.2 Å². The number of aromatic nitrogens is 1. The van der Waals surface area contributed by atoms with Crippen LogP contribution in [0.15, 0.2) is 28.8 Å². The predicted molar refractivity (Wildman–Crippen MR) is 83.2 cm³/mol. The van der Waals surface area contributed by atoms with E-state index in [4.69, 9.17) is 14.0 Å². The highest BCUT2D eigenvalue weighted by atomic mass is 16.5. The third-order valence-electron chi connectivity index (χ3n) is 4.19. The molecule has 0 bridgehead atoms. The van der Waals surface area contributed by atoms with E-state index in [0.29, 0.717) is 6.04 Å². The molecule has 5 nitrogen and oxygen atoms in total. The van der Waals surface area contributed by atoms with Gasteiger partial charge in [-0.25, -0.2) is 0 Å². The molecule has 5 heteroatoms. The summed E-state index contributed by atoms with van der Waals surface area (Å²) >= 11 is 0. The van der Waals surface area contributed by atoms with Gasteiger partial charge in [0, 0.05) is 12.1 Å². The van der Waals surface area contributed by atoms with Crippen molar-refractivity contribution in [3.63, 3.8) is 0 Å². The lowest BCUT2D eigenvalue weighted by atomic mass is 10.0. The number of ether oxygens (including phenoxy) is 2. The lowest BCUT2D eigenvalue weighted by Gasteiger charge is -2.24. The molecule has 118 valence electrons. The predicted octanol–water partition coefficient (Wildman–Crippen LogP) is 3.34. The van der Waals surface area contributed by atoms with Crippen molar-refractivity contribution < 1.29 is 14.0 Å². The summed E-state index contributed by atoms with van der Waals surface area (Å²) in [4.78, 5) is 2.43. The minimum absolute atomic E-state index is 0.380. The first-order valence-corrected chi connectivity index (χ1v) is 7.59. The smallest absolute Gasteiger partial charge is 0.161 e. The molecule has 1 atom stereocenters. The zero-order valence-corrected chi connectivity index (χ0v) is 13.3. The van der Waals surface area contributed by atoms with Gasteiger partial charge in [-0.2, -0.15) is 0 Å². The van der Waals surface area contributed by atoms with Crippen LogP contribution >= 0.6 is 0 Å². The maximum Gasteiger partial charge on any atom is 0.161 e. The molecule has 0 N–H and O–H groups in total. The molecule has 0 amide bonds. The average molecular weight is 302 g/mol. The zero-order chi connectivity index (χ0) is 15.5. The van der Waals surface area contributed by atoms with Gasteiger partial charge >= 0.3 is 0 Å². The quantitative estimate of drug-likeness (QED) is 0.848. The van der Waals surface area contributed by atoms with Crippen molar-refractivity contribution in [1.82, 2.24) is 10.1 Å². The second-order valence-corrected chi connectivity index (χ2v) is 5.68.